The zero-order valence-corrected chi connectivity index (χ0v) is 11.1. The zero-order chi connectivity index (χ0) is 11.9. The summed E-state index contributed by atoms with van der Waals surface area (Å²) in [5, 5.41) is 10.4. The van der Waals surface area contributed by atoms with Crippen LogP contribution in [0.3, 0.4) is 0 Å². The van der Waals surface area contributed by atoms with Crippen molar-refractivity contribution < 1.29 is 9.50 Å². The molecule has 1 fully saturated rings. The van der Waals surface area contributed by atoms with Crippen molar-refractivity contribution in [2.24, 2.45) is 0 Å². The molecule has 0 bridgehead atoms. The van der Waals surface area contributed by atoms with E-state index in [0.717, 1.165) is 6.54 Å². The normalized spacial score (nSPS) is 26.3. The van der Waals surface area contributed by atoms with Gasteiger partial charge in [-0.05, 0) is 35.5 Å². The third kappa shape index (κ3) is 1.99. The van der Waals surface area contributed by atoms with Gasteiger partial charge in [-0.2, -0.15) is 0 Å². The summed E-state index contributed by atoms with van der Waals surface area (Å²) in [5.74, 6) is -0.533. The highest BCUT2D eigenvalue weighted by atomic mass is 79.9. The SMILES string of the molecule is CN1CCC(O)(c2ccc(Br)c(Cl)c2F)C1. The molecule has 5 heteroatoms. The number of hydrogen-bond acceptors (Lipinski definition) is 2. The minimum atomic E-state index is -1.12. The van der Waals surface area contributed by atoms with Gasteiger partial charge in [0.05, 0.1) is 5.02 Å². The highest BCUT2D eigenvalue weighted by Crippen LogP contribution is 2.37. The van der Waals surface area contributed by atoms with Crippen LogP contribution in [-0.2, 0) is 5.60 Å². The van der Waals surface area contributed by atoms with Crippen LogP contribution in [0.4, 0.5) is 4.39 Å². The molecular weight excluding hydrogens is 296 g/mol. The van der Waals surface area contributed by atoms with Gasteiger partial charge in [0, 0.05) is 23.1 Å². The number of β-amino-alcohol motifs (C(OH)–C–C–N with tert-alkyl or cyclic N) is 1. The Kier molecular flexibility index (Phi) is 3.27. The van der Waals surface area contributed by atoms with Crippen molar-refractivity contribution in [3.63, 3.8) is 0 Å². The predicted molar refractivity (Wildman–Crippen MR) is 65.1 cm³/mol. The second-order valence-corrected chi connectivity index (χ2v) is 5.47. The van der Waals surface area contributed by atoms with Crippen molar-refractivity contribution in [2.45, 2.75) is 12.0 Å². The molecule has 1 aromatic carbocycles. The molecule has 1 aromatic rings. The minimum Gasteiger partial charge on any atom is -0.384 e. The smallest absolute Gasteiger partial charge is 0.149 e. The molecule has 1 heterocycles. The number of likely N-dealkylation sites (N-methyl/N-ethyl adjacent to an activating group) is 1. The average Bonchev–Trinajstić information content (AvgIpc) is 2.56. The van der Waals surface area contributed by atoms with E-state index in [-0.39, 0.29) is 10.6 Å². The molecule has 1 N–H and O–H groups in total. The van der Waals surface area contributed by atoms with Crippen molar-refractivity contribution in [1.29, 1.82) is 0 Å². The van der Waals surface area contributed by atoms with Crippen molar-refractivity contribution in [3.05, 3.63) is 33.0 Å². The van der Waals surface area contributed by atoms with Gasteiger partial charge in [-0.1, -0.05) is 17.7 Å². The minimum absolute atomic E-state index is 0.0282. The Labute approximate surface area is 107 Å². The van der Waals surface area contributed by atoms with E-state index < -0.39 is 11.4 Å². The quantitative estimate of drug-likeness (QED) is 0.807. The molecule has 88 valence electrons. The summed E-state index contributed by atoms with van der Waals surface area (Å²) in [4.78, 5) is 1.97. The van der Waals surface area contributed by atoms with Gasteiger partial charge in [0.2, 0.25) is 0 Å². The van der Waals surface area contributed by atoms with Gasteiger partial charge in [0.1, 0.15) is 11.4 Å². The van der Waals surface area contributed by atoms with Gasteiger partial charge in [0.15, 0.2) is 0 Å². The molecule has 1 aliphatic heterocycles. The van der Waals surface area contributed by atoms with Gasteiger partial charge in [-0.15, -0.1) is 0 Å². The van der Waals surface area contributed by atoms with Crippen LogP contribution in [0.2, 0.25) is 5.02 Å². The first kappa shape index (κ1) is 12.3. The van der Waals surface area contributed by atoms with Crippen LogP contribution in [0.25, 0.3) is 0 Å². The second kappa shape index (κ2) is 4.26. The topological polar surface area (TPSA) is 23.5 Å². The fraction of sp³-hybridized carbons (Fsp3) is 0.455. The lowest BCUT2D eigenvalue weighted by Crippen LogP contribution is -2.30. The number of likely N-dealkylation sites (tertiary alicyclic amines) is 1. The Bertz CT molecular complexity index is 429. The number of nitrogens with zero attached hydrogens (tertiary/aromatic N) is 1. The van der Waals surface area contributed by atoms with Crippen LogP contribution in [0.15, 0.2) is 16.6 Å². The van der Waals surface area contributed by atoms with Crippen LogP contribution >= 0.6 is 27.5 Å². The lowest BCUT2D eigenvalue weighted by atomic mass is 9.92. The number of rotatable bonds is 1. The number of aliphatic hydroxyl groups is 1. The molecule has 0 amide bonds. The molecular formula is C11H12BrClFNO. The van der Waals surface area contributed by atoms with Crippen molar-refractivity contribution in [1.82, 2.24) is 4.90 Å². The molecule has 0 spiro atoms. The maximum Gasteiger partial charge on any atom is 0.149 e. The van der Waals surface area contributed by atoms with E-state index in [0.29, 0.717) is 17.4 Å². The predicted octanol–water partition coefficient (Wildman–Crippen LogP) is 2.76. The van der Waals surface area contributed by atoms with Crippen LogP contribution in [0.5, 0.6) is 0 Å². The fourth-order valence-corrected chi connectivity index (χ4v) is 2.56. The maximum atomic E-state index is 13.9. The van der Waals surface area contributed by atoms with Gasteiger partial charge < -0.3 is 10.0 Å². The number of benzene rings is 1. The van der Waals surface area contributed by atoms with Crippen LogP contribution in [-0.4, -0.2) is 30.1 Å². The summed E-state index contributed by atoms with van der Waals surface area (Å²) in [6.07, 6.45) is 0.526. The van der Waals surface area contributed by atoms with Gasteiger partial charge in [0.25, 0.3) is 0 Å². The fourth-order valence-electron chi connectivity index (χ4n) is 2.09. The summed E-state index contributed by atoms with van der Waals surface area (Å²) in [7, 11) is 1.90. The monoisotopic (exact) mass is 307 g/mol. The first-order chi connectivity index (χ1) is 7.44. The van der Waals surface area contributed by atoms with Gasteiger partial charge in [-0.25, -0.2) is 4.39 Å². The molecule has 0 aromatic heterocycles. The van der Waals surface area contributed by atoms with Crippen molar-refractivity contribution >= 4 is 27.5 Å². The number of halogens is 3. The highest BCUT2D eigenvalue weighted by molar-refractivity contribution is 9.10. The van der Waals surface area contributed by atoms with E-state index >= 15 is 0 Å². The molecule has 1 unspecified atom stereocenters. The highest BCUT2D eigenvalue weighted by Gasteiger charge is 2.38. The van der Waals surface area contributed by atoms with Crippen LogP contribution in [0, 0.1) is 5.82 Å². The molecule has 0 saturated carbocycles. The Morgan fingerprint density at radius 3 is 2.81 bits per heavy atom. The third-order valence-corrected chi connectivity index (χ3v) is 4.23. The maximum absolute atomic E-state index is 13.9. The average molecular weight is 309 g/mol. The Hall–Kier alpha value is -0.160. The Morgan fingerprint density at radius 1 is 1.56 bits per heavy atom. The molecule has 0 aliphatic carbocycles. The van der Waals surface area contributed by atoms with E-state index in [1.807, 2.05) is 11.9 Å². The summed E-state index contributed by atoms with van der Waals surface area (Å²) in [6.45, 7) is 1.19. The standard InChI is InChI=1S/C11H12BrClFNO/c1-15-5-4-11(16,6-15)7-2-3-8(12)9(13)10(7)14/h2-3,16H,4-6H2,1H3. The number of hydrogen-bond donors (Lipinski definition) is 1. The summed E-state index contributed by atoms with van der Waals surface area (Å²) >= 11 is 8.97. The molecule has 16 heavy (non-hydrogen) atoms. The van der Waals surface area contributed by atoms with E-state index in [9.17, 15) is 9.50 Å². The van der Waals surface area contributed by atoms with E-state index in [1.54, 1.807) is 12.1 Å². The lowest BCUT2D eigenvalue weighted by Gasteiger charge is -2.24. The Balaban J connectivity index is 2.45. The van der Waals surface area contributed by atoms with Crippen molar-refractivity contribution in [2.75, 3.05) is 20.1 Å². The van der Waals surface area contributed by atoms with Gasteiger partial charge >= 0.3 is 0 Å². The Morgan fingerprint density at radius 2 is 2.25 bits per heavy atom. The second-order valence-electron chi connectivity index (χ2n) is 4.24. The molecule has 1 aliphatic rings. The largest absolute Gasteiger partial charge is 0.384 e. The zero-order valence-electron chi connectivity index (χ0n) is 8.80. The molecule has 2 rings (SSSR count). The van der Waals surface area contributed by atoms with E-state index in [2.05, 4.69) is 15.9 Å². The van der Waals surface area contributed by atoms with Crippen molar-refractivity contribution in [3.8, 4) is 0 Å². The lowest BCUT2D eigenvalue weighted by molar-refractivity contribution is 0.0452. The summed E-state index contributed by atoms with van der Waals surface area (Å²) < 4.78 is 14.5. The molecule has 0 radical (unpaired) electrons. The first-order valence-corrected chi connectivity index (χ1v) is 6.16. The van der Waals surface area contributed by atoms with E-state index in [1.165, 1.54) is 0 Å². The van der Waals surface area contributed by atoms with Crippen LogP contribution < -0.4 is 0 Å². The van der Waals surface area contributed by atoms with Crippen LogP contribution in [0.1, 0.15) is 12.0 Å². The molecule has 1 saturated heterocycles. The third-order valence-electron chi connectivity index (χ3n) is 2.98. The van der Waals surface area contributed by atoms with Gasteiger partial charge in [-0.3, -0.25) is 0 Å². The van der Waals surface area contributed by atoms with E-state index in [4.69, 9.17) is 11.6 Å². The molecule has 2 nitrogen and oxygen atoms in total. The summed E-state index contributed by atoms with van der Waals surface area (Å²) in [6, 6.07) is 3.25. The molecule has 1 atom stereocenters. The summed E-state index contributed by atoms with van der Waals surface area (Å²) in [5.41, 5.74) is -0.839. The first-order valence-electron chi connectivity index (χ1n) is 4.99.